The highest BCUT2D eigenvalue weighted by atomic mass is 32.1. The minimum Gasteiger partial charge on any atom is -0.476 e. The zero-order valence-electron chi connectivity index (χ0n) is 14.7. The molecule has 0 spiro atoms. The summed E-state index contributed by atoms with van der Waals surface area (Å²) in [6.45, 7) is 8.00. The molecule has 2 aromatic rings. The molecule has 2 N–H and O–H groups in total. The van der Waals surface area contributed by atoms with E-state index in [0.29, 0.717) is 16.7 Å². The number of aromatic nitrogens is 2. The number of benzene rings is 1. The van der Waals surface area contributed by atoms with Crippen LogP contribution in [0, 0.1) is 0 Å². The van der Waals surface area contributed by atoms with Crippen LogP contribution in [-0.4, -0.2) is 45.3 Å². The molecule has 1 saturated heterocycles. The van der Waals surface area contributed by atoms with Gasteiger partial charge in [-0.2, -0.15) is 17.7 Å². The molecule has 1 fully saturated rings. The second-order valence-electron chi connectivity index (χ2n) is 7.15. The predicted molar refractivity (Wildman–Crippen MR) is 101 cm³/mol. The Labute approximate surface area is 152 Å². The van der Waals surface area contributed by atoms with E-state index < -0.39 is 24.3 Å². The summed E-state index contributed by atoms with van der Waals surface area (Å²) in [5.74, 6) is -0.598. The Morgan fingerprint density at radius 1 is 1.32 bits per heavy atom. The standard InChI is InChI=1S/C17H21BN2O4S/c1-16(2)17(3,4)24-18(23-16)11(9-25)7-10-5-6-13-12(8-10)14(15(21)22)20-19-13/h5-8,25H,9H2,1-4H3,(H,19,20)(H,21,22). The van der Waals surface area contributed by atoms with Crippen LogP contribution in [0.25, 0.3) is 17.0 Å². The van der Waals surface area contributed by atoms with Crippen LogP contribution in [0.4, 0.5) is 0 Å². The van der Waals surface area contributed by atoms with Crippen molar-refractivity contribution in [3.8, 4) is 0 Å². The van der Waals surface area contributed by atoms with Gasteiger partial charge >= 0.3 is 13.1 Å². The number of nitrogens with zero attached hydrogens (tertiary/aromatic N) is 1. The van der Waals surface area contributed by atoms with Crippen molar-refractivity contribution in [1.29, 1.82) is 0 Å². The van der Waals surface area contributed by atoms with Crippen LogP contribution >= 0.6 is 12.6 Å². The van der Waals surface area contributed by atoms with Crippen molar-refractivity contribution in [2.75, 3.05) is 5.75 Å². The first kappa shape index (κ1) is 18.0. The summed E-state index contributed by atoms with van der Waals surface area (Å²) in [6, 6.07) is 5.48. The number of aromatic amines is 1. The van der Waals surface area contributed by atoms with Gasteiger partial charge in [-0.3, -0.25) is 5.10 Å². The number of H-pyrrole nitrogens is 1. The lowest BCUT2D eigenvalue weighted by molar-refractivity contribution is 0.00578. The Hall–Kier alpha value is -1.77. The molecule has 6 nitrogen and oxygen atoms in total. The highest BCUT2D eigenvalue weighted by Gasteiger charge is 2.52. The third-order valence-corrected chi connectivity index (χ3v) is 5.25. The van der Waals surface area contributed by atoms with E-state index in [0.717, 1.165) is 11.0 Å². The first-order chi connectivity index (χ1) is 11.6. The Kier molecular flexibility index (Phi) is 4.47. The Morgan fingerprint density at radius 3 is 2.52 bits per heavy atom. The van der Waals surface area contributed by atoms with Crippen LogP contribution in [0.5, 0.6) is 0 Å². The molecule has 25 heavy (non-hydrogen) atoms. The molecule has 1 aliphatic heterocycles. The summed E-state index contributed by atoms with van der Waals surface area (Å²) < 4.78 is 12.1. The number of thiol groups is 1. The third-order valence-electron chi connectivity index (χ3n) is 4.88. The lowest BCUT2D eigenvalue weighted by Crippen LogP contribution is -2.41. The molecule has 0 saturated carbocycles. The van der Waals surface area contributed by atoms with Gasteiger partial charge in [0.15, 0.2) is 5.69 Å². The molecule has 1 aromatic carbocycles. The number of carboxylic acid groups (broad SMARTS) is 1. The molecule has 0 amide bonds. The topological polar surface area (TPSA) is 84.4 Å². The van der Waals surface area contributed by atoms with E-state index in [4.69, 9.17) is 9.31 Å². The summed E-state index contributed by atoms with van der Waals surface area (Å²) in [6.07, 6.45) is 1.92. The second kappa shape index (κ2) is 6.19. The highest BCUT2D eigenvalue weighted by Crippen LogP contribution is 2.39. The molecule has 0 bridgehead atoms. The Morgan fingerprint density at radius 2 is 1.96 bits per heavy atom. The van der Waals surface area contributed by atoms with Gasteiger partial charge in [0, 0.05) is 11.1 Å². The molecule has 132 valence electrons. The molecule has 0 unspecified atom stereocenters. The minimum absolute atomic E-state index is 0.00769. The van der Waals surface area contributed by atoms with Gasteiger partial charge < -0.3 is 14.4 Å². The van der Waals surface area contributed by atoms with E-state index in [1.165, 1.54) is 0 Å². The van der Waals surface area contributed by atoms with Crippen molar-refractivity contribution in [3.63, 3.8) is 0 Å². The molecular weight excluding hydrogens is 339 g/mol. The number of carbonyl (C=O) groups is 1. The second-order valence-corrected chi connectivity index (χ2v) is 7.46. The fourth-order valence-corrected chi connectivity index (χ4v) is 2.92. The zero-order valence-corrected chi connectivity index (χ0v) is 15.6. The maximum Gasteiger partial charge on any atom is 0.491 e. The van der Waals surface area contributed by atoms with Crippen molar-refractivity contribution < 1.29 is 19.2 Å². The quantitative estimate of drug-likeness (QED) is 0.576. The van der Waals surface area contributed by atoms with Crippen LogP contribution in [0.2, 0.25) is 0 Å². The van der Waals surface area contributed by atoms with Gasteiger partial charge in [0.05, 0.1) is 16.7 Å². The predicted octanol–water partition coefficient (Wildman–Crippen LogP) is 3.21. The normalized spacial score (nSPS) is 19.6. The average molecular weight is 360 g/mol. The van der Waals surface area contributed by atoms with Crippen LogP contribution in [0.15, 0.2) is 23.7 Å². The maximum absolute atomic E-state index is 11.3. The SMILES string of the molecule is CC1(C)OB(C(=Cc2ccc3[nH]nc(C(=O)O)c3c2)CS)OC1(C)C. The Balaban J connectivity index is 1.97. The van der Waals surface area contributed by atoms with Gasteiger partial charge in [0.25, 0.3) is 0 Å². The fraction of sp³-hybridized carbons (Fsp3) is 0.412. The van der Waals surface area contributed by atoms with Crippen molar-refractivity contribution in [1.82, 2.24) is 10.2 Å². The molecular formula is C17H21BN2O4S. The fourth-order valence-electron chi connectivity index (χ4n) is 2.68. The monoisotopic (exact) mass is 360 g/mol. The average Bonchev–Trinajstić information content (AvgIpc) is 3.02. The van der Waals surface area contributed by atoms with Crippen LogP contribution in [-0.2, 0) is 9.31 Å². The number of carboxylic acids is 1. The summed E-state index contributed by atoms with van der Waals surface area (Å²) in [7, 11) is -0.485. The maximum atomic E-state index is 11.3. The Bertz CT molecular complexity index is 843. The summed E-state index contributed by atoms with van der Waals surface area (Å²) in [5.41, 5.74) is 1.55. The molecule has 2 heterocycles. The number of fused-ring (bicyclic) bond motifs is 1. The first-order valence-corrected chi connectivity index (χ1v) is 8.66. The van der Waals surface area contributed by atoms with E-state index in [9.17, 15) is 9.90 Å². The van der Waals surface area contributed by atoms with Gasteiger partial charge in [0.2, 0.25) is 0 Å². The van der Waals surface area contributed by atoms with Gasteiger partial charge in [0.1, 0.15) is 0 Å². The van der Waals surface area contributed by atoms with E-state index in [1.807, 2.05) is 39.8 Å². The van der Waals surface area contributed by atoms with Crippen molar-refractivity contribution in [2.24, 2.45) is 0 Å². The van der Waals surface area contributed by atoms with E-state index >= 15 is 0 Å². The van der Waals surface area contributed by atoms with Crippen molar-refractivity contribution in [3.05, 3.63) is 34.9 Å². The van der Waals surface area contributed by atoms with Gasteiger partial charge in [-0.25, -0.2) is 4.79 Å². The summed E-state index contributed by atoms with van der Waals surface area (Å²) in [5, 5.41) is 16.4. The zero-order chi connectivity index (χ0) is 18.4. The third kappa shape index (κ3) is 3.21. The smallest absolute Gasteiger partial charge is 0.476 e. The van der Waals surface area contributed by atoms with Crippen LogP contribution in [0.1, 0.15) is 43.7 Å². The van der Waals surface area contributed by atoms with E-state index in [2.05, 4.69) is 22.8 Å². The number of rotatable bonds is 4. The van der Waals surface area contributed by atoms with Gasteiger partial charge in [-0.05, 0) is 50.9 Å². The number of hydrogen-bond acceptors (Lipinski definition) is 5. The van der Waals surface area contributed by atoms with Gasteiger partial charge in [-0.15, -0.1) is 0 Å². The molecule has 0 atom stereocenters. The van der Waals surface area contributed by atoms with Crippen LogP contribution < -0.4 is 0 Å². The number of nitrogens with one attached hydrogen (secondary N) is 1. The molecule has 0 radical (unpaired) electrons. The molecule has 8 heteroatoms. The summed E-state index contributed by atoms with van der Waals surface area (Å²) in [4.78, 5) is 11.3. The van der Waals surface area contributed by atoms with Gasteiger partial charge in [-0.1, -0.05) is 12.1 Å². The highest BCUT2D eigenvalue weighted by molar-refractivity contribution is 7.80. The van der Waals surface area contributed by atoms with Crippen LogP contribution in [0.3, 0.4) is 0 Å². The lowest BCUT2D eigenvalue weighted by atomic mass is 9.78. The molecule has 1 aliphatic rings. The largest absolute Gasteiger partial charge is 0.491 e. The van der Waals surface area contributed by atoms with Crippen molar-refractivity contribution >= 4 is 42.7 Å². The number of hydrogen-bond donors (Lipinski definition) is 3. The molecule has 3 rings (SSSR count). The number of aromatic carboxylic acids is 1. The van der Waals surface area contributed by atoms with E-state index in [-0.39, 0.29) is 5.69 Å². The van der Waals surface area contributed by atoms with E-state index in [1.54, 1.807) is 12.1 Å². The molecule has 1 aromatic heterocycles. The van der Waals surface area contributed by atoms with Crippen molar-refractivity contribution in [2.45, 2.75) is 38.9 Å². The summed E-state index contributed by atoms with van der Waals surface area (Å²) >= 11 is 4.41. The first-order valence-electron chi connectivity index (χ1n) is 8.03. The molecule has 0 aliphatic carbocycles. The minimum atomic E-state index is -1.06. The lowest BCUT2D eigenvalue weighted by Gasteiger charge is -2.32.